The van der Waals surface area contributed by atoms with Gasteiger partial charge in [0.1, 0.15) is 6.04 Å². The zero-order valence-electron chi connectivity index (χ0n) is 11.8. The van der Waals surface area contributed by atoms with Crippen LogP contribution in [0, 0.1) is 0 Å². The van der Waals surface area contributed by atoms with Gasteiger partial charge in [-0.25, -0.2) is 9.59 Å². The van der Waals surface area contributed by atoms with Gasteiger partial charge in [-0.2, -0.15) is 0 Å². The Balaban J connectivity index is 2.00. The lowest BCUT2D eigenvalue weighted by molar-refractivity contribution is -0.141. The summed E-state index contributed by atoms with van der Waals surface area (Å²) in [5, 5.41) is 15.5. The molecule has 2 atom stereocenters. The molecule has 2 aliphatic heterocycles. The highest BCUT2D eigenvalue weighted by Gasteiger charge is 2.41. The Kier molecular flexibility index (Phi) is 5.54. The van der Waals surface area contributed by atoms with E-state index in [4.69, 9.17) is 0 Å². The smallest absolute Gasteiger partial charge is 0.327 e. The Bertz CT molecular complexity index is 361. The predicted molar refractivity (Wildman–Crippen MR) is 78.8 cm³/mol. The molecule has 0 bridgehead atoms. The number of nitrogens with zero attached hydrogens (tertiary/aromatic N) is 1. The van der Waals surface area contributed by atoms with Crippen LogP contribution in [0.25, 0.3) is 0 Å². The summed E-state index contributed by atoms with van der Waals surface area (Å²) in [4.78, 5) is 25.3. The number of carboxylic acid groups (broad SMARTS) is 1. The Hall–Kier alpha value is -0.950. The standard InChI is InChI=1S/C13H23N3O3S/c1-2-3-11-16(10(8-20-11)12(17)18)13(19)15-9-4-6-14-7-5-9/h9-11,14H,2-8H2,1H3,(H,15,19)(H,17,18). The van der Waals surface area contributed by atoms with Gasteiger partial charge in [0, 0.05) is 11.8 Å². The molecule has 2 unspecified atom stereocenters. The maximum atomic E-state index is 12.4. The second kappa shape index (κ2) is 7.17. The van der Waals surface area contributed by atoms with Crippen molar-refractivity contribution >= 4 is 23.8 Å². The average molecular weight is 301 g/mol. The highest BCUT2D eigenvalue weighted by molar-refractivity contribution is 8.00. The summed E-state index contributed by atoms with van der Waals surface area (Å²) in [6, 6.07) is -0.753. The number of amides is 2. The third-order valence-corrected chi connectivity index (χ3v) is 5.17. The molecule has 0 aromatic rings. The third kappa shape index (κ3) is 3.58. The van der Waals surface area contributed by atoms with Gasteiger partial charge in [-0.3, -0.25) is 4.90 Å². The summed E-state index contributed by atoms with van der Waals surface area (Å²) >= 11 is 1.57. The van der Waals surface area contributed by atoms with Gasteiger partial charge in [0.25, 0.3) is 0 Å². The van der Waals surface area contributed by atoms with Gasteiger partial charge >= 0.3 is 12.0 Å². The number of aliphatic carboxylic acids is 1. The van der Waals surface area contributed by atoms with Crippen LogP contribution in [-0.4, -0.2) is 58.3 Å². The first-order valence-electron chi connectivity index (χ1n) is 7.27. The van der Waals surface area contributed by atoms with Crippen molar-refractivity contribution in [3.05, 3.63) is 0 Å². The van der Waals surface area contributed by atoms with E-state index in [1.807, 2.05) is 0 Å². The van der Waals surface area contributed by atoms with E-state index in [-0.39, 0.29) is 17.4 Å². The zero-order chi connectivity index (χ0) is 14.5. The summed E-state index contributed by atoms with van der Waals surface area (Å²) in [7, 11) is 0. The number of carbonyl (C=O) groups excluding carboxylic acids is 1. The zero-order valence-corrected chi connectivity index (χ0v) is 12.6. The van der Waals surface area contributed by atoms with E-state index in [2.05, 4.69) is 17.6 Å². The fraction of sp³-hybridized carbons (Fsp3) is 0.846. The lowest BCUT2D eigenvalue weighted by atomic mass is 10.1. The van der Waals surface area contributed by atoms with E-state index >= 15 is 0 Å². The first kappa shape index (κ1) is 15.4. The van der Waals surface area contributed by atoms with Gasteiger partial charge in [-0.1, -0.05) is 13.3 Å². The second-order valence-corrected chi connectivity index (χ2v) is 6.52. The van der Waals surface area contributed by atoms with Crippen molar-refractivity contribution in [2.75, 3.05) is 18.8 Å². The minimum atomic E-state index is -0.906. The lowest BCUT2D eigenvalue weighted by Crippen LogP contribution is -2.54. The van der Waals surface area contributed by atoms with Crippen LogP contribution in [-0.2, 0) is 4.79 Å². The van der Waals surface area contributed by atoms with Crippen LogP contribution in [0.4, 0.5) is 4.79 Å². The first-order valence-corrected chi connectivity index (χ1v) is 8.32. The highest BCUT2D eigenvalue weighted by atomic mass is 32.2. The second-order valence-electron chi connectivity index (χ2n) is 5.31. The molecule has 2 aliphatic rings. The minimum absolute atomic E-state index is 0.0113. The lowest BCUT2D eigenvalue weighted by Gasteiger charge is -2.31. The van der Waals surface area contributed by atoms with Crippen LogP contribution < -0.4 is 10.6 Å². The summed E-state index contributed by atoms with van der Waals surface area (Å²) in [6.07, 6.45) is 3.60. The Labute approximate surface area is 123 Å². The van der Waals surface area contributed by atoms with Crippen molar-refractivity contribution in [3.8, 4) is 0 Å². The summed E-state index contributed by atoms with van der Waals surface area (Å²) in [6.45, 7) is 3.86. The molecular formula is C13H23N3O3S. The molecule has 0 aromatic heterocycles. The highest BCUT2D eigenvalue weighted by Crippen LogP contribution is 2.32. The van der Waals surface area contributed by atoms with E-state index in [0.717, 1.165) is 38.8 Å². The number of hydrogen-bond acceptors (Lipinski definition) is 4. The first-order chi connectivity index (χ1) is 9.63. The molecular weight excluding hydrogens is 278 g/mol. The molecule has 2 fully saturated rings. The quantitative estimate of drug-likeness (QED) is 0.724. The average Bonchev–Trinajstić information content (AvgIpc) is 2.84. The van der Waals surface area contributed by atoms with Crippen LogP contribution in [0.15, 0.2) is 0 Å². The fourth-order valence-electron chi connectivity index (χ4n) is 2.71. The SMILES string of the molecule is CCCC1SCC(C(=O)O)N1C(=O)NC1CCNCC1. The van der Waals surface area contributed by atoms with Crippen molar-refractivity contribution in [2.45, 2.75) is 50.1 Å². The fourth-order valence-corrected chi connectivity index (χ4v) is 4.22. The van der Waals surface area contributed by atoms with E-state index in [0.29, 0.717) is 5.75 Å². The summed E-state index contributed by atoms with van der Waals surface area (Å²) < 4.78 is 0. The van der Waals surface area contributed by atoms with Crippen LogP contribution in [0.5, 0.6) is 0 Å². The molecule has 114 valence electrons. The van der Waals surface area contributed by atoms with Gasteiger partial charge in [0.15, 0.2) is 0 Å². The monoisotopic (exact) mass is 301 g/mol. The van der Waals surface area contributed by atoms with E-state index in [1.54, 1.807) is 16.7 Å². The molecule has 0 spiro atoms. The molecule has 3 N–H and O–H groups in total. The van der Waals surface area contributed by atoms with Gasteiger partial charge < -0.3 is 15.7 Å². The number of piperidine rings is 1. The molecule has 6 nitrogen and oxygen atoms in total. The normalized spacial score (nSPS) is 27.6. The van der Waals surface area contributed by atoms with Crippen LogP contribution in [0.2, 0.25) is 0 Å². The summed E-state index contributed by atoms with van der Waals surface area (Å²) in [5.74, 6) is -0.420. The molecule has 0 saturated carbocycles. The molecule has 0 aromatic carbocycles. The molecule has 2 amide bonds. The van der Waals surface area contributed by atoms with Crippen molar-refractivity contribution < 1.29 is 14.7 Å². The number of hydrogen-bond donors (Lipinski definition) is 3. The van der Waals surface area contributed by atoms with Gasteiger partial charge in [-0.05, 0) is 32.4 Å². The van der Waals surface area contributed by atoms with Crippen LogP contribution in [0.3, 0.4) is 0 Å². The van der Waals surface area contributed by atoms with Gasteiger partial charge in [0.05, 0.1) is 5.37 Å². The van der Waals surface area contributed by atoms with Crippen LogP contribution >= 0.6 is 11.8 Å². The minimum Gasteiger partial charge on any atom is -0.480 e. The predicted octanol–water partition coefficient (Wildman–Crippen LogP) is 1.08. The topological polar surface area (TPSA) is 81.7 Å². The van der Waals surface area contributed by atoms with Crippen molar-refractivity contribution in [1.82, 2.24) is 15.5 Å². The number of carboxylic acids is 1. The Morgan fingerprint density at radius 1 is 1.40 bits per heavy atom. The largest absolute Gasteiger partial charge is 0.480 e. The van der Waals surface area contributed by atoms with Gasteiger partial charge in [-0.15, -0.1) is 11.8 Å². The molecule has 0 radical (unpaired) electrons. The van der Waals surface area contributed by atoms with E-state index in [9.17, 15) is 14.7 Å². The number of rotatable bonds is 4. The van der Waals surface area contributed by atoms with Crippen LogP contribution in [0.1, 0.15) is 32.6 Å². The van der Waals surface area contributed by atoms with E-state index in [1.165, 1.54) is 0 Å². The molecule has 7 heteroatoms. The van der Waals surface area contributed by atoms with Crippen molar-refractivity contribution in [2.24, 2.45) is 0 Å². The molecule has 20 heavy (non-hydrogen) atoms. The van der Waals surface area contributed by atoms with Gasteiger partial charge in [0.2, 0.25) is 0 Å². The van der Waals surface area contributed by atoms with Crippen molar-refractivity contribution in [3.63, 3.8) is 0 Å². The molecule has 2 saturated heterocycles. The van der Waals surface area contributed by atoms with Crippen molar-refractivity contribution in [1.29, 1.82) is 0 Å². The maximum Gasteiger partial charge on any atom is 0.327 e. The third-order valence-electron chi connectivity index (χ3n) is 3.81. The maximum absolute atomic E-state index is 12.4. The molecule has 2 rings (SSSR count). The number of urea groups is 1. The number of thioether (sulfide) groups is 1. The summed E-state index contributed by atoms with van der Waals surface area (Å²) in [5.41, 5.74) is 0. The number of nitrogens with one attached hydrogen (secondary N) is 2. The molecule has 2 heterocycles. The molecule has 0 aliphatic carbocycles. The van der Waals surface area contributed by atoms with E-state index < -0.39 is 12.0 Å². The Morgan fingerprint density at radius 2 is 2.10 bits per heavy atom. The number of carbonyl (C=O) groups is 2. The Morgan fingerprint density at radius 3 is 2.70 bits per heavy atom.